The number of pyridine rings is 1. The number of hydrogen-bond acceptors (Lipinski definition) is 5. The van der Waals surface area contributed by atoms with Crippen LogP contribution in [0, 0.1) is 0 Å². The number of hydrogen-bond donors (Lipinski definition) is 0. The van der Waals surface area contributed by atoms with Crippen LogP contribution in [0.15, 0.2) is 18.3 Å². The highest BCUT2D eigenvalue weighted by atomic mass is 16.5. The Hall–Kier alpha value is -1.66. The molecule has 0 bridgehead atoms. The normalized spacial score (nSPS) is 23.3. The molecule has 0 unspecified atom stereocenters. The molecule has 3 fully saturated rings. The summed E-state index contributed by atoms with van der Waals surface area (Å²) in [6, 6.07) is 4.59. The number of piperidine rings is 1. The maximum Gasteiger partial charge on any atom is 0.255 e. The zero-order chi connectivity index (χ0) is 18.5. The monoisotopic (exact) mass is 372 g/mol. The van der Waals surface area contributed by atoms with Crippen LogP contribution in [0.2, 0.25) is 0 Å². The summed E-state index contributed by atoms with van der Waals surface area (Å²) in [6.07, 6.45) is 8.99. The molecule has 4 rings (SSSR count). The molecule has 4 heterocycles. The van der Waals surface area contributed by atoms with E-state index in [0.29, 0.717) is 6.04 Å². The summed E-state index contributed by atoms with van der Waals surface area (Å²) in [4.78, 5) is 24.4. The van der Waals surface area contributed by atoms with Gasteiger partial charge in [0.1, 0.15) is 5.82 Å². The molecule has 0 saturated carbocycles. The van der Waals surface area contributed by atoms with Crippen molar-refractivity contribution in [1.82, 2.24) is 14.8 Å². The van der Waals surface area contributed by atoms with E-state index in [9.17, 15) is 4.79 Å². The summed E-state index contributed by atoms with van der Waals surface area (Å²) in [5.41, 5.74) is 0.721. The van der Waals surface area contributed by atoms with Crippen molar-refractivity contribution in [2.24, 2.45) is 0 Å². The lowest BCUT2D eigenvalue weighted by Crippen LogP contribution is -2.50. The van der Waals surface area contributed by atoms with Crippen molar-refractivity contribution in [2.45, 2.75) is 44.6 Å². The first-order valence-corrected chi connectivity index (χ1v) is 10.6. The average molecular weight is 373 g/mol. The third kappa shape index (κ3) is 4.61. The fraction of sp³-hybridized carbons (Fsp3) is 0.714. The van der Waals surface area contributed by atoms with E-state index in [2.05, 4.69) is 14.8 Å². The van der Waals surface area contributed by atoms with Crippen LogP contribution in [0.5, 0.6) is 0 Å². The smallest absolute Gasteiger partial charge is 0.255 e. The van der Waals surface area contributed by atoms with Crippen LogP contribution in [0.4, 0.5) is 5.82 Å². The molecule has 1 amide bonds. The van der Waals surface area contributed by atoms with Crippen LogP contribution >= 0.6 is 0 Å². The summed E-state index contributed by atoms with van der Waals surface area (Å²) in [5.74, 6) is 1.14. The van der Waals surface area contributed by atoms with E-state index >= 15 is 0 Å². The van der Waals surface area contributed by atoms with Crippen LogP contribution in [0.1, 0.15) is 48.9 Å². The van der Waals surface area contributed by atoms with Gasteiger partial charge in [-0.2, -0.15) is 0 Å². The Morgan fingerprint density at radius 1 is 0.926 bits per heavy atom. The fourth-order valence-corrected chi connectivity index (χ4v) is 4.56. The molecule has 0 radical (unpaired) electrons. The number of morpholine rings is 1. The van der Waals surface area contributed by atoms with Gasteiger partial charge in [-0.1, -0.05) is 12.8 Å². The molecule has 3 aliphatic heterocycles. The Balaban J connectivity index is 1.31. The molecule has 6 heteroatoms. The minimum atomic E-state index is 0.130. The number of nitrogens with zero attached hydrogens (tertiary/aromatic N) is 4. The molecule has 148 valence electrons. The number of anilines is 1. The molecule has 27 heavy (non-hydrogen) atoms. The van der Waals surface area contributed by atoms with Crippen LogP contribution in [-0.2, 0) is 4.74 Å². The van der Waals surface area contributed by atoms with Gasteiger partial charge in [-0.25, -0.2) is 4.98 Å². The minimum Gasteiger partial charge on any atom is -0.379 e. The van der Waals surface area contributed by atoms with Crippen LogP contribution in [-0.4, -0.2) is 79.2 Å². The van der Waals surface area contributed by atoms with E-state index < -0.39 is 0 Å². The van der Waals surface area contributed by atoms with E-state index in [1.165, 1.54) is 25.7 Å². The Morgan fingerprint density at radius 2 is 1.63 bits per heavy atom. The van der Waals surface area contributed by atoms with Gasteiger partial charge in [-0.05, 0) is 37.8 Å². The van der Waals surface area contributed by atoms with Gasteiger partial charge in [0.2, 0.25) is 0 Å². The van der Waals surface area contributed by atoms with Gasteiger partial charge in [-0.15, -0.1) is 0 Å². The summed E-state index contributed by atoms with van der Waals surface area (Å²) in [6.45, 7) is 7.58. The van der Waals surface area contributed by atoms with E-state index in [0.717, 1.165) is 76.7 Å². The number of aromatic nitrogens is 1. The van der Waals surface area contributed by atoms with Gasteiger partial charge in [-0.3, -0.25) is 9.69 Å². The number of rotatable bonds is 3. The Morgan fingerprint density at radius 3 is 2.26 bits per heavy atom. The number of ether oxygens (including phenoxy) is 1. The molecule has 6 nitrogen and oxygen atoms in total. The van der Waals surface area contributed by atoms with Crippen LogP contribution in [0.25, 0.3) is 0 Å². The molecule has 1 aromatic heterocycles. The quantitative estimate of drug-likeness (QED) is 0.815. The molecule has 1 aromatic rings. The standard InChI is InChI=1S/C21H32N4O2/c26-21(25-11-7-19(8-12-25)23-13-15-27-16-14-23)18-5-6-20(22-17-18)24-9-3-1-2-4-10-24/h5-6,17,19H,1-4,7-16H2. The van der Waals surface area contributed by atoms with Gasteiger partial charge < -0.3 is 14.5 Å². The first kappa shape index (κ1) is 18.7. The molecule has 0 N–H and O–H groups in total. The zero-order valence-corrected chi connectivity index (χ0v) is 16.3. The molecular weight excluding hydrogens is 340 g/mol. The predicted octanol–water partition coefficient (Wildman–Crippen LogP) is 2.40. The number of carbonyl (C=O) groups excluding carboxylic acids is 1. The Labute approximate surface area is 162 Å². The van der Waals surface area contributed by atoms with Gasteiger partial charge >= 0.3 is 0 Å². The molecular formula is C21H32N4O2. The summed E-state index contributed by atoms with van der Waals surface area (Å²) >= 11 is 0. The summed E-state index contributed by atoms with van der Waals surface area (Å²) in [7, 11) is 0. The Bertz CT molecular complexity index is 599. The molecule has 0 atom stereocenters. The van der Waals surface area contributed by atoms with Gasteiger partial charge in [0.15, 0.2) is 0 Å². The Kier molecular flexibility index (Phi) is 6.24. The second kappa shape index (κ2) is 9.02. The van der Waals surface area contributed by atoms with Crippen molar-refractivity contribution in [3.8, 4) is 0 Å². The number of likely N-dealkylation sites (tertiary alicyclic amines) is 1. The third-order valence-electron chi connectivity index (χ3n) is 6.24. The summed E-state index contributed by atoms with van der Waals surface area (Å²) in [5, 5.41) is 0. The van der Waals surface area contributed by atoms with Gasteiger partial charge in [0.05, 0.1) is 18.8 Å². The van der Waals surface area contributed by atoms with Crippen molar-refractivity contribution >= 4 is 11.7 Å². The summed E-state index contributed by atoms with van der Waals surface area (Å²) < 4.78 is 5.45. The number of carbonyl (C=O) groups is 1. The van der Waals surface area contributed by atoms with Crippen molar-refractivity contribution in [3.05, 3.63) is 23.9 Å². The largest absolute Gasteiger partial charge is 0.379 e. The second-order valence-electron chi connectivity index (χ2n) is 7.98. The molecule has 0 aliphatic carbocycles. The topological polar surface area (TPSA) is 48.9 Å². The first-order chi connectivity index (χ1) is 13.3. The zero-order valence-electron chi connectivity index (χ0n) is 16.3. The lowest BCUT2D eigenvalue weighted by Gasteiger charge is -2.40. The van der Waals surface area contributed by atoms with E-state index in [1.54, 1.807) is 6.20 Å². The second-order valence-corrected chi connectivity index (χ2v) is 7.98. The highest BCUT2D eigenvalue weighted by Gasteiger charge is 2.28. The molecule has 3 saturated heterocycles. The first-order valence-electron chi connectivity index (χ1n) is 10.6. The average Bonchev–Trinajstić information content (AvgIpc) is 3.04. The van der Waals surface area contributed by atoms with Crippen molar-refractivity contribution in [1.29, 1.82) is 0 Å². The van der Waals surface area contributed by atoms with Crippen molar-refractivity contribution < 1.29 is 9.53 Å². The third-order valence-corrected chi connectivity index (χ3v) is 6.24. The van der Waals surface area contributed by atoms with Crippen molar-refractivity contribution in [2.75, 3.05) is 57.4 Å². The lowest BCUT2D eigenvalue weighted by atomic mass is 10.0. The van der Waals surface area contributed by atoms with Crippen LogP contribution < -0.4 is 4.90 Å². The van der Waals surface area contributed by atoms with E-state index in [1.807, 2.05) is 17.0 Å². The SMILES string of the molecule is O=C(c1ccc(N2CCCCCC2)nc1)N1CCC(N2CCOCC2)CC1. The number of amides is 1. The molecule has 0 aromatic carbocycles. The molecule has 0 spiro atoms. The van der Waals surface area contributed by atoms with E-state index in [4.69, 9.17) is 4.74 Å². The lowest BCUT2D eigenvalue weighted by molar-refractivity contribution is 0.00158. The highest BCUT2D eigenvalue weighted by Crippen LogP contribution is 2.21. The van der Waals surface area contributed by atoms with Crippen molar-refractivity contribution in [3.63, 3.8) is 0 Å². The van der Waals surface area contributed by atoms with Crippen LogP contribution in [0.3, 0.4) is 0 Å². The van der Waals surface area contributed by atoms with E-state index in [-0.39, 0.29) is 5.91 Å². The van der Waals surface area contributed by atoms with Gasteiger partial charge in [0.25, 0.3) is 5.91 Å². The minimum absolute atomic E-state index is 0.130. The predicted molar refractivity (Wildman–Crippen MR) is 106 cm³/mol. The van der Waals surface area contributed by atoms with Gasteiger partial charge in [0, 0.05) is 51.5 Å². The maximum absolute atomic E-state index is 12.9. The fourth-order valence-electron chi connectivity index (χ4n) is 4.56. The molecule has 3 aliphatic rings. The highest BCUT2D eigenvalue weighted by molar-refractivity contribution is 5.94. The maximum atomic E-state index is 12.9.